The summed E-state index contributed by atoms with van der Waals surface area (Å²) < 4.78 is 18.6. The number of carbonyl (C=O) groups is 3. The van der Waals surface area contributed by atoms with Gasteiger partial charge in [-0.05, 0) is 6.92 Å². The molecule has 0 saturated carbocycles. The summed E-state index contributed by atoms with van der Waals surface area (Å²) >= 11 is 0. The summed E-state index contributed by atoms with van der Waals surface area (Å²) in [6.07, 6.45) is -1.69. The highest BCUT2D eigenvalue weighted by Crippen LogP contribution is 2.20. The average Bonchev–Trinajstić information content (AvgIpc) is 2.13. The highest BCUT2D eigenvalue weighted by atomic mass is 19.1. The van der Waals surface area contributed by atoms with Crippen LogP contribution >= 0.6 is 0 Å². The van der Waals surface area contributed by atoms with Crippen molar-refractivity contribution in [3.63, 3.8) is 0 Å². The van der Waals surface area contributed by atoms with Crippen LogP contribution < -0.4 is 16.4 Å². The molecule has 0 bridgehead atoms. The lowest BCUT2D eigenvalue weighted by Crippen LogP contribution is -2.72. The number of amides is 4. The number of rotatable bonds is 3. The van der Waals surface area contributed by atoms with Crippen LogP contribution in [0.4, 0.5) is 9.18 Å². The smallest absolute Gasteiger partial charge is 0.323 e. The molecule has 0 aromatic rings. The molecule has 1 fully saturated rings. The van der Waals surface area contributed by atoms with E-state index in [0.29, 0.717) is 0 Å². The molecule has 4 amide bonds. The Balaban J connectivity index is 3.02. The Labute approximate surface area is 84.1 Å². The lowest BCUT2D eigenvalue weighted by Gasteiger charge is -2.33. The molecule has 8 heteroatoms. The van der Waals surface area contributed by atoms with Gasteiger partial charge in [0, 0.05) is 6.61 Å². The van der Waals surface area contributed by atoms with Crippen LogP contribution in [0.2, 0.25) is 0 Å². The third kappa shape index (κ3) is 1.75. The molecule has 2 atom stereocenters. The maximum atomic E-state index is 13.9. The molecule has 4 N–H and O–H groups in total. The minimum absolute atomic E-state index is 0.0111. The maximum absolute atomic E-state index is 13.9. The van der Waals surface area contributed by atoms with Gasteiger partial charge in [-0.25, -0.2) is 9.18 Å². The van der Waals surface area contributed by atoms with E-state index < -0.39 is 29.7 Å². The molecule has 0 spiro atoms. The number of hydrogen-bond donors (Lipinski definition) is 3. The van der Waals surface area contributed by atoms with E-state index in [0.717, 1.165) is 0 Å². The van der Waals surface area contributed by atoms with Gasteiger partial charge in [-0.15, -0.1) is 0 Å². The summed E-state index contributed by atoms with van der Waals surface area (Å²) in [6.45, 7) is 1.53. The van der Waals surface area contributed by atoms with Crippen LogP contribution in [0.25, 0.3) is 0 Å². The van der Waals surface area contributed by atoms with E-state index in [4.69, 9.17) is 10.5 Å². The van der Waals surface area contributed by atoms with E-state index in [9.17, 15) is 18.8 Å². The number of halogens is 1. The predicted molar refractivity (Wildman–Crippen MR) is 45.1 cm³/mol. The van der Waals surface area contributed by atoms with Crippen LogP contribution in [-0.2, 0) is 14.3 Å². The Morgan fingerprint density at radius 1 is 1.67 bits per heavy atom. The Morgan fingerprint density at radius 3 is 2.73 bits per heavy atom. The molecule has 0 radical (unpaired) electrons. The summed E-state index contributed by atoms with van der Waals surface area (Å²) in [4.78, 5) is 32.8. The van der Waals surface area contributed by atoms with Crippen molar-refractivity contribution in [3.8, 4) is 0 Å². The van der Waals surface area contributed by atoms with Crippen molar-refractivity contribution in [2.24, 2.45) is 5.73 Å². The molecule has 1 rings (SSSR count). The Bertz CT molecular complexity index is 321. The van der Waals surface area contributed by atoms with Crippen LogP contribution in [0, 0.1) is 0 Å². The molecular formula is C7H10FN3O4. The lowest BCUT2D eigenvalue weighted by atomic mass is 10.0. The Morgan fingerprint density at radius 2 is 2.27 bits per heavy atom. The number of alkyl halides is 1. The molecule has 1 aliphatic rings. The monoisotopic (exact) mass is 219 g/mol. The van der Waals surface area contributed by atoms with Crippen LogP contribution in [0.3, 0.4) is 0 Å². The summed E-state index contributed by atoms with van der Waals surface area (Å²) in [7, 11) is 0. The first-order valence-electron chi connectivity index (χ1n) is 4.15. The molecule has 2 unspecified atom stereocenters. The molecule has 1 heterocycles. The molecule has 1 saturated heterocycles. The SMILES string of the molecule is CCOC1NC(=O)NC(=O)C1(F)C(N)=O. The van der Waals surface area contributed by atoms with Crippen LogP contribution in [0.1, 0.15) is 6.92 Å². The number of urea groups is 1. The summed E-state index contributed by atoms with van der Waals surface area (Å²) in [5.41, 5.74) is 1.67. The Kier molecular flexibility index (Phi) is 2.89. The first kappa shape index (κ1) is 11.4. The third-order valence-electron chi connectivity index (χ3n) is 1.87. The van der Waals surface area contributed by atoms with Gasteiger partial charge in [0.05, 0.1) is 0 Å². The van der Waals surface area contributed by atoms with E-state index >= 15 is 0 Å². The highest BCUT2D eigenvalue weighted by Gasteiger charge is 2.57. The van der Waals surface area contributed by atoms with Gasteiger partial charge in [0.15, 0.2) is 6.23 Å². The number of imide groups is 1. The second kappa shape index (κ2) is 3.81. The van der Waals surface area contributed by atoms with Gasteiger partial charge in [-0.3, -0.25) is 14.9 Å². The molecule has 0 aromatic heterocycles. The van der Waals surface area contributed by atoms with Gasteiger partial charge < -0.3 is 15.8 Å². The quantitative estimate of drug-likeness (QED) is 0.495. The van der Waals surface area contributed by atoms with Gasteiger partial charge in [-0.2, -0.15) is 0 Å². The van der Waals surface area contributed by atoms with Crippen molar-refractivity contribution >= 4 is 17.8 Å². The van der Waals surface area contributed by atoms with Crippen LogP contribution in [0.15, 0.2) is 0 Å². The van der Waals surface area contributed by atoms with Crippen molar-refractivity contribution in [2.75, 3.05) is 6.61 Å². The van der Waals surface area contributed by atoms with Crippen LogP contribution in [-0.4, -0.2) is 36.3 Å². The zero-order valence-corrected chi connectivity index (χ0v) is 7.87. The van der Waals surface area contributed by atoms with Crippen LogP contribution in [0.5, 0.6) is 0 Å². The summed E-state index contributed by atoms with van der Waals surface area (Å²) in [6, 6.07) is -0.937. The minimum Gasteiger partial charge on any atom is -0.366 e. The number of ether oxygens (including phenoxy) is 1. The molecule has 0 aromatic carbocycles. The fourth-order valence-corrected chi connectivity index (χ4v) is 1.13. The number of hydrogen-bond acceptors (Lipinski definition) is 4. The van der Waals surface area contributed by atoms with Crippen molar-refractivity contribution in [1.82, 2.24) is 10.6 Å². The lowest BCUT2D eigenvalue weighted by molar-refractivity contribution is -0.160. The second-order valence-corrected chi connectivity index (χ2v) is 2.84. The first-order valence-corrected chi connectivity index (χ1v) is 4.15. The standard InChI is InChI=1S/C7H10FN3O4/c1-2-15-5-7(8,3(9)12)4(13)10-6(14)11-5/h5H,2H2,1H3,(H2,9,12)(H2,10,11,13,14). The number of carbonyl (C=O) groups excluding carboxylic acids is 3. The molecule has 84 valence electrons. The third-order valence-corrected chi connectivity index (χ3v) is 1.87. The summed E-state index contributed by atoms with van der Waals surface area (Å²) in [5.74, 6) is -2.93. The van der Waals surface area contributed by atoms with E-state index in [1.54, 1.807) is 5.32 Å². The largest absolute Gasteiger partial charge is 0.366 e. The molecule has 1 aliphatic heterocycles. The number of nitrogens with one attached hydrogen (secondary N) is 2. The number of primary amides is 1. The van der Waals surface area contributed by atoms with Crippen molar-refractivity contribution < 1.29 is 23.5 Å². The Hall–Kier alpha value is -1.70. The normalized spacial score (nSPS) is 30.7. The molecule has 7 nitrogen and oxygen atoms in total. The van der Waals surface area contributed by atoms with E-state index in [2.05, 4.69) is 0 Å². The fraction of sp³-hybridized carbons (Fsp3) is 0.571. The zero-order chi connectivity index (χ0) is 11.6. The van der Waals surface area contributed by atoms with E-state index in [1.165, 1.54) is 6.92 Å². The topological polar surface area (TPSA) is 111 Å². The average molecular weight is 219 g/mol. The second-order valence-electron chi connectivity index (χ2n) is 2.84. The molecule has 0 aliphatic carbocycles. The van der Waals surface area contributed by atoms with Crippen molar-refractivity contribution in [3.05, 3.63) is 0 Å². The van der Waals surface area contributed by atoms with Crippen molar-refractivity contribution in [2.45, 2.75) is 18.8 Å². The van der Waals surface area contributed by atoms with Gasteiger partial charge >= 0.3 is 11.7 Å². The van der Waals surface area contributed by atoms with E-state index in [1.807, 2.05) is 5.32 Å². The zero-order valence-electron chi connectivity index (χ0n) is 7.87. The fourth-order valence-electron chi connectivity index (χ4n) is 1.13. The minimum atomic E-state index is -3.08. The molecular weight excluding hydrogens is 209 g/mol. The summed E-state index contributed by atoms with van der Waals surface area (Å²) in [5, 5.41) is 3.55. The van der Waals surface area contributed by atoms with Gasteiger partial charge in [0.2, 0.25) is 0 Å². The van der Waals surface area contributed by atoms with Gasteiger partial charge in [0.1, 0.15) is 0 Å². The number of nitrogens with two attached hydrogens (primary N) is 1. The predicted octanol–water partition coefficient (Wildman–Crippen LogP) is -1.62. The first-order chi connectivity index (χ1) is 6.92. The van der Waals surface area contributed by atoms with Gasteiger partial charge in [0.25, 0.3) is 11.8 Å². The highest BCUT2D eigenvalue weighted by molar-refractivity contribution is 6.15. The maximum Gasteiger partial charge on any atom is 0.323 e. The molecule has 15 heavy (non-hydrogen) atoms. The van der Waals surface area contributed by atoms with Crippen molar-refractivity contribution in [1.29, 1.82) is 0 Å². The van der Waals surface area contributed by atoms with E-state index in [-0.39, 0.29) is 6.61 Å². The van der Waals surface area contributed by atoms with Gasteiger partial charge in [-0.1, -0.05) is 0 Å².